The minimum atomic E-state index is -1.16. The number of anilines is 1. The highest BCUT2D eigenvalue weighted by Gasteiger charge is 2.43. The van der Waals surface area contributed by atoms with Crippen molar-refractivity contribution in [1.29, 1.82) is 0 Å². The summed E-state index contributed by atoms with van der Waals surface area (Å²) in [6.07, 6.45) is -0.260. The Kier molecular flexibility index (Phi) is 5.28. The first kappa shape index (κ1) is 20.8. The summed E-state index contributed by atoms with van der Waals surface area (Å²) in [5.74, 6) is 0.360. The molecular weight excluding hydrogens is 412 g/mol. The lowest BCUT2D eigenvalue weighted by Crippen LogP contribution is -2.38. The third-order valence-corrected chi connectivity index (χ3v) is 5.92. The van der Waals surface area contributed by atoms with Crippen LogP contribution in [0, 0.1) is 0 Å². The van der Waals surface area contributed by atoms with Gasteiger partial charge in [0.1, 0.15) is 36.1 Å². The minimum absolute atomic E-state index is 0.0978. The summed E-state index contributed by atoms with van der Waals surface area (Å²) < 4.78 is 7.28. The Morgan fingerprint density at radius 1 is 1.19 bits per heavy atom. The topological polar surface area (TPSA) is 134 Å². The molecule has 2 fully saturated rings. The van der Waals surface area contributed by atoms with Crippen LogP contribution in [0.2, 0.25) is 0 Å². The van der Waals surface area contributed by atoms with Crippen LogP contribution in [0.15, 0.2) is 36.7 Å². The second-order valence-corrected chi connectivity index (χ2v) is 8.44. The Labute approximate surface area is 184 Å². The molecule has 1 amide bonds. The molecule has 2 aromatic heterocycles. The van der Waals surface area contributed by atoms with Gasteiger partial charge in [-0.05, 0) is 26.7 Å². The van der Waals surface area contributed by atoms with Crippen molar-refractivity contribution in [3.63, 3.8) is 0 Å². The lowest BCUT2D eigenvalue weighted by Gasteiger charge is -2.16. The Hall–Kier alpha value is -3.08. The number of rotatable bonds is 6. The number of ether oxygens (including phenoxy) is 1. The largest absolute Gasteiger partial charge is 0.388 e. The smallest absolute Gasteiger partial charge is 0.242 e. The number of nitrogens with one attached hydrogen (secondary N) is 2. The van der Waals surface area contributed by atoms with Crippen LogP contribution in [0.5, 0.6) is 0 Å². The van der Waals surface area contributed by atoms with Gasteiger partial charge in [-0.3, -0.25) is 4.79 Å². The van der Waals surface area contributed by atoms with Crippen LogP contribution in [0.3, 0.4) is 0 Å². The SMILES string of the molecule is C[C@@H](Nc1ncnc2c1c(-c1ccccc1)nn2[C@@H]1O[C@H](C)[C@@H](O)[C@H]1O)C(=O)NC1CC1. The van der Waals surface area contributed by atoms with Crippen molar-refractivity contribution >= 4 is 22.8 Å². The maximum absolute atomic E-state index is 12.5. The van der Waals surface area contributed by atoms with Crippen molar-refractivity contribution in [2.24, 2.45) is 0 Å². The first-order chi connectivity index (χ1) is 15.4. The number of aliphatic hydroxyl groups is 2. The summed E-state index contributed by atoms with van der Waals surface area (Å²) in [4.78, 5) is 21.3. The number of nitrogens with zero attached hydrogens (tertiary/aromatic N) is 4. The zero-order valence-electron chi connectivity index (χ0n) is 17.8. The number of benzene rings is 1. The van der Waals surface area contributed by atoms with Crippen molar-refractivity contribution in [2.45, 2.75) is 63.3 Å². The van der Waals surface area contributed by atoms with E-state index in [-0.39, 0.29) is 11.9 Å². The quantitative estimate of drug-likeness (QED) is 0.451. The lowest BCUT2D eigenvalue weighted by molar-refractivity contribution is -0.121. The van der Waals surface area contributed by atoms with E-state index in [1.54, 1.807) is 13.8 Å². The van der Waals surface area contributed by atoms with Gasteiger partial charge in [0.05, 0.1) is 11.5 Å². The Morgan fingerprint density at radius 3 is 2.59 bits per heavy atom. The summed E-state index contributed by atoms with van der Waals surface area (Å²) >= 11 is 0. The molecular formula is C22H26N6O4. The molecule has 0 radical (unpaired) electrons. The Bertz CT molecular complexity index is 1130. The zero-order chi connectivity index (χ0) is 22.4. The molecule has 168 valence electrons. The average molecular weight is 438 g/mol. The lowest BCUT2D eigenvalue weighted by atomic mass is 10.1. The summed E-state index contributed by atoms with van der Waals surface area (Å²) in [6, 6.07) is 9.27. The summed E-state index contributed by atoms with van der Waals surface area (Å²) in [6.45, 7) is 3.47. The van der Waals surface area contributed by atoms with E-state index in [0.29, 0.717) is 22.5 Å². The standard InChI is InChI=1S/C22H26N6O4/c1-11(21(31)26-14-8-9-14)25-19-15-16(13-6-4-3-5-7-13)27-28(20(15)24-10-23-19)22-18(30)17(29)12(2)32-22/h3-7,10-12,14,17-18,22,29-30H,8-9H2,1-2H3,(H,26,31)(H,23,24,25)/t11-,12-,17-,18-,22-/m1/s1. The first-order valence-corrected chi connectivity index (χ1v) is 10.8. The van der Waals surface area contributed by atoms with Gasteiger partial charge in [-0.2, -0.15) is 5.10 Å². The molecule has 3 heterocycles. The molecule has 0 bridgehead atoms. The predicted octanol–water partition coefficient (Wildman–Crippen LogP) is 1.21. The molecule has 5 rings (SSSR count). The van der Waals surface area contributed by atoms with Gasteiger partial charge in [-0.15, -0.1) is 0 Å². The second-order valence-electron chi connectivity index (χ2n) is 8.44. The number of carbonyl (C=O) groups is 1. The molecule has 1 saturated heterocycles. The third-order valence-electron chi connectivity index (χ3n) is 5.92. The van der Waals surface area contributed by atoms with Crippen LogP contribution in [-0.4, -0.2) is 66.3 Å². The highest BCUT2D eigenvalue weighted by Crippen LogP contribution is 2.37. The number of hydrogen-bond acceptors (Lipinski definition) is 8. The van der Waals surface area contributed by atoms with Gasteiger partial charge in [-0.25, -0.2) is 14.6 Å². The molecule has 32 heavy (non-hydrogen) atoms. The predicted molar refractivity (Wildman–Crippen MR) is 117 cm³/mol. The van der Waals surface area contributed by atoms with Crippen LogP contribution >= 0.6 is 0 Å². The molecule has 1 aromatic carbocycles. The van der Waals surface area contributed by atoms with E-state index in [0.717, 1.165) is 18.4 Å². The fraction of sp³-hybridized carbons (Fsp3) is 0.455. The molecule has 3 aromatic rings. The Balaban J connectivity index is 1.59. The van der Waals surface area contributed by atoms with Gasteiger partial charge in [0.2, 0.25) is 5.91 Å². The van der Waals surface area contributed by atoms with E-state index in [9.17, 15) is 15.0 Å². The monoisotopic (exact) mass is 438 g/mol. The summed E-state index contributed by atoms with van der Waals surface area (Å²) in [5.41, 5.74) is 1.84. The molecule has 5 atom stereocenters. The molecule has 4 N–H and O–H groups in total. The zero-order valence-corrected chi connectivity index (χ0v) is 17.8. The molecule has 1 aliphatic carbocycles. The van der Waals surface area contributed by atoms with Gasteiger partial charge >= 0.3 is 0 Å². The van der Waals surface area contributed by atoms with E-state index in [1.165, 1.54) is 11.0 Å². The molecule has 10 nitrogen and oxygen atoms in total. The van der Waals surface area contributed by atoms with Crippen molar-refractivity contribution in [3.05, 3.63) is 36.7 Å². The van der Waals surface area contributed by atoms with E-state index >= 15 is 0 Å². The average Bonchev–Trinajstić information content (AvgIpc) is 3.48. The van der Waals surface area contributed by atoms with Crippen molar-refractivity contribution in [2.75, 3.05) is 5.32 Å². The number of fused-ring (bicyclic) bond motifs is 1. The van der Waals surface area contributed by atoms with Gasteiger partial charge < -0.3 is 25.6 Å². The van der Waals surface area contributed by atoms with Crippen molar-refractivity contribution in [3.8, 4) is 11.3 Å². The molecule has 10 heteroatoms. The van der Waals surface area contributed by atoms with Gasteiger partial charge in [0, 0.05) is 11.6 Å². The molecule has 1 aliphatic heterocycles. The third kappa shape index (κ3) is 3.70. The highest BCUT2D eigenvalue weighted by molar-refractivity contribution is 6.00. The molecule has 2 aliphatic rings. The van der Waals surface area contributed by atoms with Crippen LogP contribution in [0.25, 0.3) is 22.3 Å². The van der Waals surface area contributed by atoms with Crippen LogP contribution in [0.4, 0.5) is 5.82 Å². The summed E-state index contributed by atoms with van der Waals surface area (Å²) in [5, 5.41) is 32.2. The van der Waals surface area contributed by atoms with Crippen LogP contribution in [0.1, 0.15) is 32.9 Å². The van der Waals surface area contributed by atoms with Crippen molar-refractivity contribution in [1.82, 2.24) is 25.1 Å². The van der Waals surface area contributed by atoms with E-state index in [1.807, 2.05) is 30.3 Å². The first-order valence-electron chi connectivity index (χ1n) is 10.8. The number of aliphatic hydroxyl groups excluding tert-OH is 2. The number of aromatic nitrogens is 4. The van der Waals surface area contributed by atoms with Crippen LogP contribution < -0.4 is 10.6 Å². The van der Waals surface area contributed by atoms with Gasteiger partial charge in [-0.1, -0.05) is 30.3 Å². The highest BCUT2D eigenvalue weighted by atomic mass is 16.6. The van der Waals surface area contributed by atoms with E-state index in [2.05, 4.69) is 20.6 Å². The Morgan fingerprint density at radius 2 is 1.94 bits per heavy atom. The normalized spacial score (nSPS) is 26.2. The summed E-state index contributed by atoms with van der Waals surface area (Å²) in [7, 11) is 0. The fourth-order valence-corrected chi connectivity index (χ4v) is 3.91. The maximum atomic E-state index is 12.5. The van der Waals surface area contributed by atoms with E-state index in [4.69, 9.17) is 9.84 Å². The molecule has 0 spiro atoms. The number of carbonyl (C=O) groups excluding carboxylic acids is 1. The van der Waals surface area contributed by atoms with Gasteiger partial charge in [0.15, 0.2) is 11.9 Å². The fourth-order valence-electron chi connectivity index (χ4n) is 3.91. The van der Waals surface area contributed by atoms with E-state index < -0.39 is 30.6 Å². The maximum Gasteiger partial charge on any atom is 0.242 e. The number of amides is 1. The second kappa shape index (κ2) is 8.12. The minimum Gasteiger partial charge on any atom is -0.388 e. The van der Waals surface area contributed by atoms with Crippen molar-refractivity contribution < 1.29 is 19.7 Å². The number of hydrogen-bond donors (Lipinski definition) is 4. The molecule has 0 unspecified atom stereocenters. The van der Waals surface area contributed by atoms with Crippen LogP contribution in [-0.2, 0) is 9.53 Å². The molecule has 1 saturated carbocycles. The van der Waals surface area contributed by atoms with Gasteiger partial charge in [0.25, 0.3) is 0 Å².